The van der Waals surface area contributed by atoms with Gasteiger partial charge in [0.25, 0.3) is 5.91 Å². The van der Waals surface area contributed by atoms with Gasteiger partial charge in [-0.2, -0.15) is 0 Å². The summed E-state index contributed by atoms with van der Waals surface area (Å²) in [5.74, 6) is 0.812. The monoisotopic (exact) mass is 512 g/mol. The first-order chi connectivity index (χ1) is 18.4. The van der Waals surface area contributed by atoms with E-state index in [-0.39, 0.29) is 18.7 Å². The van der Waals surface area contributed by atoms with Crippen molar-refractivity contribution in [3.63, 3.8) is 0 Å². The number of hydrogen-bond donors (Lipinski definition) is 1. The average molecular weight is 513 g/mol. The van der Waals surface area contributed by atoms with Crippen molar-refractivity contribution in [2.24, 2.45) is 0 Å². The van der Waals surface area contributed by atoms with E-state index in [0.29, 0.717) is 48.9 Å². The minimum Gasteiger partial charge on any atom is -0.493 e. The maximum atomic E-state index is 13.6. The molecule has 0 fully saturated rings. The Balaban J connectivity index is 1.49. The molecule has 0 saturated heterocycles. The molecule has 3 aromatic carbocycles. The van der Waals surface area contributed by atoms with Gasteiger partial charge in [0.2, 0.25) is 5.89 Å². The number of nitrogens with zero attached hydrogens (tertiary/aromatic N) is 2. The predicted molar refractivity (Wildman–Crippen MR) is 145 cm³/mol. The normalized spacial score (nSPS) is 10.8. The summed E-state index contributed by atoms with van der Waals surface area (Å²) in [6.45, 7) is 5.16. The van der Waals surface area contributed by atoms with E-state index in [1.54, 1.807) is 23.1 Å². The number of carbonyl (C=O) groups is 2. The van der Waals surface area contributed by atoms with Crippen LogP contribution in [0.1, 0.15) is 46.3 Å². The molecule has 38 heavy (non-hydrogen) atoms. The highest BCUT2D eigenvalue weighted by Gasteiger charge is 2.20. The zero-order valence-electron chi connectivity index (χ0n) is 21.7. The first-order valence-corrected chi connectivity index (χ1v) is 12.8. The molecule has 1 aromatic heterocycles. The first-order valence-electron chi connectivity index (χ1n) is 12.8. The van der Waals surface area contributed by atoms with Crippen molar-refractivity contribution in [2.75, 3.05) is 13.2 Å². The molecule has 4 aromatic rings. The second-order valence-corrected chi connectivity index (χ2v) is 9.00. The van der Waals surface area contributed by atoms with Crippen molar-refractivity contribution in [3.05, 3.63) is 107 Å². The predicted octanol–water partition coefficient (Wildman–Crippen LogP) is 5.95. The molecule has 0 radical (unpaired) electrons. The minimum absolute atomic E-state index is 0.0551. The number of benzene rings is 3. The van der Waals surface area contributed by atoms with Crippen LogP contribution in [0.2, 0.25) is 0 Å². The molecule has 4 rings (SSSR count). The third-order valence-electron chi connectivity index (χ3n) is 6.33. The zero-order chi connectivity index (χ0) is 26.9. The second-order valence-electron chi connectivity index (χ2n) is 9.00. The van der Waals surface area contributed by atoms with Crippen LogP contribution in [0.5, 0.6) is 5.75 Å². The van der Waals surface area contributed by atoms with E-state index in [4.69, 9.17) is 9.15 Å². The van der Waals surface area contributed by atoms with E-state index in [0.717, 1.165) is 22.6 Å². The molecule has 1 N–H and O–H groups in total. The summed E-state index contributed by atoms with van der Waals surface area (Å²) in [4.78, 5) is 31.2. The van der Waals surface area contributed by atoms with Crippen molar-refractivity contribution in [1.82, 2.24) is 9.88 Å². The number of hydrogen-bond acceptors (Lipinski definition) is 5. The topological polar surface area (TPSA) is 92.9 Å². The maximum absolute atomic E-state index is 13.6. The quantitative estimate of drug-likeness (QED) is 0.252. The Labute approximate surface area is 222 Å². The van der Waals surface area contributed by atoms with Crippen LogP contribution in [0, 0.1) is 6.92 Å². The average Bonchev–Trinajstić information content (AvgIpc) is 3.31. The number of ether oxygens (including phenoxy) is 1. The lowest BCUT2D eigenvalue weighted by Crippen LogP contribution is -2.31. The lowest BCUT2D eigenvalue weighted by molar-refractivity contribution is -0.136. The lowest BCUT2D eigenvalue weighted by Gasteiger charge is -2.23. The van der Waals surface area contributed by atoms with Gasteiger partial charge in [0.15, 0.2) is 0 Å². The molecule has 0 bridgehead atoms. The number of carboxylic acids is 1. The molecule has 1 amide bonds. The maximum Gasteiger partial charge on any atom is 0.303 e. The Bertz CT molecular complexity index is 1370. The standard InChI is InChI=1S/C31H32N2O5/c1-3-33(21-23-10-6-4-7-11-23)31(36)27-20-26(16-14-24(27)15-17-29(34)35)37-19-18-28-22(2)38-30(32-28)25-12-8-5-9-13-25/h4-14,16,20H,3,15,17-19,21H2,1-2H3,(H,34,35). The number of aliphatic carboxylic acids is 1. The van der Waals surface area contributed by atoms with Gasteiger partial charge in [0, 0.05) is 37.1 Å². The number of oxazole rings is 1. The molecule has 0 aliphatic rings. The molecule has 0 aliphatic carbocycles. The van der Waals surface area contributed by atoms with E-state index < -0.39 is 5.97 Å². The molecule has 0 spiro atoms. The number of aryl methyl sites for hydroxylation is 2. The number of rotatable bonds is 12. The molecular weight excluding hydrogens is 480 g/mol. The van der Waals surface area contributed by atoms with Gasteiger partial charge in [-0.25, -0.2) is 4.98 Å². The number of carboxylic acid groups (broad SMARTS) is 1. The number of aromatic nitrogens is 1. The molecule has 7 heteroatoms. The SMILES string of the molecule is CCN(Cc1ccccc1)C(=O)c1cc(OCCc2nc(-c3ccccc3)oc2C)ccc1CCC(=O)O. The van der Waals surface area contributed by atoms with E-state index in [1.165, 1.54) is 0 Å². The van der Waals surface area contributed by atoms with Crippen LogP contribution in [-0.4, -0.2) is 40.0 Å². The fourth-order valence-corrected chi connectivity index (χ4v) is 4.24. The van der Waals surface area contributed by atoms with Crippen LogP contribution in [0.3, 0.4) is 0 Å². The van der Waals surface area contributed by atoms with E-state index >= 15 is 0 Å². The fourth-order valence-electron chi connectivity index (χ4n) is 4.24. The van der Waals surface area contributed by atoms with Gasteiger partial charge in [-0.15, -0.1) is 0 Å². The van der Waals surface area contributed by atoms with Crippen LogP contribution in [0.15, 0.2) is 83.3 Å². The molecule has 7 nitrogen and oxygen atoms in total. The molecule has 196 valence electrons. The van der Waals surface area contributed by atoms with E-state index in [2.05, 4.69) is 4.98 Å². The lowest BCUT2D eigenvalue weighted by atomic mass is 10.0. The molecule has 1 heterocycles. The summed E-state index contributed by atoms with van der Waals surface area (Å²) in [6.07, 6.45) is 0.752. The third-order valence-corrected chi connectivity index (χ3v) is 6.33. The van der Waals surface area contributed by atoms with Gasteiger partial charge in [-0.3, -0.25) is 9.59 Å². The summed E-state index contributed by atoms with van der Waals surface area (Å²) in [5.41, 5.74) is 3.92. The Morgan fingerprint density at radius 1 is 0.974 bits per heavy atom. The van der Waals surface area contributed by atoms with Crippen molar-refractivity contribution in [3.8, 4) is 17.2 Å². The van der Waals surface area contributed by atoms with Gasteiger partial charge in [-0.05, 0) is 55.7 Å². The highest BCUT2D eigenvalue weighted by molar-refractivity contribution is 5.96. The Kier molecular flexibility index (Phi) is 8.93. The fraction of sp³-hybridized carbons (Fsp3) is 0.258. The Morgan fingerprint density at radius 3 is 2.37 bits per heavy atom. The van der Waals surface area contributed by atoms with Crippen molar-refractivity contribution in [1.29, 1.82) is 0 Å². The summed E-state index contributed by atoms with van der Waals surface area (Å²) in [7, 11) is 0. The van der Waals surface area contributed by atoms with Crippen molar-refractivity contribution >= 4 is 11.9 Å². The molecule has 0 atom stereocenters. The number of carbonyl (C=O) groups excluding carboxylic acids is 1. The molecular formula is C31H32N2O5. The van der Waals surface area contributed by atoms with E-state index in [1.807, 2.05) is 74.5 Å². The Morgan fingerprint density at radius 2 is 1.68 bits per heavy atom. The van der Waals surface area contributed by atoms with Gasteiger partial charge in [0.05, 0.1) is 12.3 Å². The van der Waals surface area contributed by atoms with Crippen molar-refractivity contribution < 1.29 is 23.8 Å². The van der Waals surface area contributed by atoms with Gasteiger partial charge in [0.1, 0.15) is 11.5 Å². The van der Waals surface area contributed by atoms with Crippen LogP contribution in [0.25, 0.3) is 11.5 Å². The van der Waals surface area contributed by atoms with E-state index in [9.17, 15) is 14.7 Å². The van der Waals surface area contributed by atoms with Gasteiger partial charge < -0.3 is 19.2 Å². The number of amides is 1. The highest BCUT2D eigenvalue weighted by Crippen LogP contribution is 2.24. The second kappa shape index (κ2) is 12.7. The zero-order valence-corrected chi connectivity index (χ0v) is 21.7. The highest BCUT2D eigenvalue weighted by atomic mass is 16.5. The largest absolute Gasteiger partial charge is 0.493 e. The van der Waals surface area contributed by atoms with Crippen molar-refractivity contribution in [2.45, 2.75) is 39.7 Å². The molecule has 0 unspecified atom stereocenters. The molecule has 0 saturated carbocycles. The van der Waals surface area contributed by atoms with Gasteiger partial charge in [-0.1, -0.05) is 54.6 Å². The summed E-state index contributed by atoms with van der Waals surface area (Å²) in [6, 6.07) is 24.8. The summed E-state index contributed by atoms with van der Waals surface area (Å²) in [5, 5.41) is 9.20. The van der Waals surface area contributed by atoms with Crippen LogP contribution >= 0.6 is 0 Å². The third kappa shape index (κ3) is 6.88. The van der Waals surface area contributed by atoms with Crippen LogP contribution in [0.4, 0.5) is 0 Å². The van der Waals surface area contributed by atoms with Gasteiger partial charge >= 0.3 is 5.97 Å². The van der Waals surface area contributed by atoms with Crippen LogP contribution in [-0.2, 0) is 24.2 Å². The smallest absolute Gasteiger partial charge is 0.303 e. The summed E-state index contributed by atoms with van der Waals surface area (Å²) < 4.78 is 11.9. The minimum atomic E-state index is -0.904. The summed E-state index contributed by atoms with van der Waals surface area (Å²) >= 11 is 0. The molecule has 0 aliphatic heterocycles. The van der Waals surface area contributed by atoms with Crippen LogP contribution < -0.4 is 4.74 Å². The first kappa shape index (κ1) is 26.7. The Hall–Kier alpha value is -4.39.